The fourth-order valence-corrected chi connectivity index (χ4v) is 1.73. The fraction of sp³-hybridized carbons (Fsp3) is 0.400. The van der Waals surface area contributed by atoms with Crippen molar-refractivity contribution in [2.75, 3.05) is 0 Å². The van der Waals surface area contributed by atoms with Crippen molar-refractivity contribution >= 4 is 23.2 Å². The Morgan fingerprint density at radius 2 is 1.93 bits per heavy atom. The van der Waals surface area contributed by atoms with Gasteiger partial charge in [0.25, 0.3) is 0 Å². The molecule has 2 N–H and O–H groups in total. The number of halogens is 2. The van der Waals surface area contributed by atoms with Crippen LogP contribution in [-0.4, -0.2) is 12.1 Å². The normalized spacial score (nSPS) is 25.6. The van der Waals surface area contributed by atoms with Crippen molar-refractivity contribution in [1.29, 1.82) is 0 Å². The van der Waals surface area contributed by atoms with E-state index in [4.69, 9.17) is 33.7 Å². The molecule has 1 fully saturated rings. The van der Waals surface area contributed by atoms with E-state index in [1.165, 1.54) is 0 Å². The molecular weight excluding hydrogens is 221 g/mol. The molecule has 1 aliphatic rings. The lowest BCUT2D eigenvalue weighted by Crippen LogP contribution is -2.43. The van der Waals surface area contributed by atoms with E-state index in [0.717, 1.165) is 18.6 Å². The third-order valence-electron chi connectivity index (χ3n) is 2.33. The monoisotopic (exact) mass is 231 g/mol. The van der Waals surface area contributed by atoms with E-state index in [1.54, 1.807) is 12.1 Å². The number of hydrogen-bond donors (Lipinski definition) is 1. The standard InChI is InChI=1S/C10H11Cl2NO/c11-9-2-1-7(5-10(9)12)14-8-3-6(13)4-8/h1-2,5-6,8H,3-4,13H2. The van der Waals surface area contributed by atoms with Gasteiger partial charge in [0.1, 0.15) is 11.9 Å². The van der Waals surface area contributed by atoms with Crippen molar-refractivity contribution in [3.63, 3.8) is 0 Å². The van der Waals surface area contributed by atoms with Crippen LogP contribution in [0.3, 0.4) is 0 Å². The van der Waals surface area contributed by atoms with Crippen molar-refractivity contribution in [1.82, 2.24) is 0 Å². The molecule has 0 aromatic heterocycles. The molecule has 2 rings (SSSR count). The molecule has 0 heterocycles. The minimum atomic E-state index is 0.238. The third kappa shape index (κ3) is 2.14. The third-order valence-corrected chi connectivity index (χ3v) is 3.06. The summed E-state index contributed by atoms with van der Waals surface area (Å²) in [6.07, 6.45) is 2.07. The molecular formula is C10H11Cl2NO. The first-order valence-electron chi connectivity index (χ1n) is 4.52. The van der Waals surface area contributed by atoms with E-state index in [2.05, 4.69) is 0 Å². The summed E-state index contributed by atoms with van der Waals surface area (Å²) in [5.41, 5.74) is 5.65. The zero-order valence-electron chi connectivity index (χ0n) is 7.54. The van der Waals surface area contributed by atoms with E-state index < -0.39 is 0 Å². The maximum atomic E-state index is 5.85. The summed E-state index contributed by atoms with van der Waals surface area (Å²) in [6.45, 7) is 0. The predicted octanol–water partition coefficient (Wildman–Crippen LogP) is 2.86. The Kier molecular flexibility index (Phi) is 2.86. The quantitative estimate of drug-likeness (QED) is 0.850. The Morgan fingerprint density at radius 3 is 2.50 bits per heavy atom. The smallest absolute Gasteiger partial charge is 0.121 e. The highest BCUT2D eigenvalue weighted by atomic mass is 35.5. The maximum Gasteiger partial charge on any atom is 0.121 e. The van der Waals surface area contributed by atoms with Gasteiger partial charge < -0.3 is 10.5 Å². The zero-order valence-corrected chi connectivity index (χ0v) is 9.05. The topological polar surface area (TPSA) is 35.2 Å². The number of nitrogens with two attached hydrogens (primary N) is 1. The van der Waals surface area contributed by atoms with Crippen LogP contribution in [0.5, 0.6) is 5.75 Å². The maximum absolute atomic E-state index is 5.85. The van der Waals surface area contributed by atoms with E-state index in [-0.39, 0.29) is 6.10 Å². The molecule has 0 amide bonds. The van der Waals surface area contributed by atoms with Gasteiger partial charge in [-0.05, 0) is 25.0 Å². The van der Waals surface area contributed by atoms with Gasteiger partial charge in [-0.2, -0.15) is 0 Å². The molecule has 0 radical (unpaired) electrons. The van der Waals surface area contributed by atoms with Crippen LogP contribution in [0.4, 0.5) is 0 Å². The molecule has 0 bridgehead atoms. The molecule has 0 unspecified atom stereocenters. The number of rotatable bonds is 2. The summed E-state index contributed by atoms with van der Waals surface area (Å²) < 4.78 is 5.63. The van der Waals surface area contributed by atoms with Crippen LogP contribution in [0.2, 0.25) is 10.0 Å². The molecule has 1 aromatic rings. The second kappa shape index (κ2) is 3.97. The first kappa shape index (κ1) is 10.1. The van der Waals surface area contributed by atoms with Crippen LogP contribution in [0.1, 0.15) is 12.8 Å². The first-order valence-corrected chi connectivity index (χ1v) is 5.28. The lowest BCUT2D eigenvalue weighted by Gasteiger charge is -2.32. The molecule has 1 aliphatic carbocycles. The van der Waals surface area contributed by atoms with Crippen LogP contribution in [0.25, 0.3) is 0 Å². The Balaban J connectivity index is 2.00. The summed E-state index contributed by atoms with van der Waals surface area (Å²) >= 11 is 11.6. The van der Waals surface area contributed by atoms with E-state index in [9.17, 15) is 0 Å². The molecule has 0 saturated heterocycles. The minimum absolute atomic E-state index is 0.238. The SMILES string of the molecule is NC1CC(Oc2ccc(Cl)c(Cl)c2)C1. The zero-order chi connectivity index (χ0) is 10.1. The van der Waals surface area contributed by atoms with E-state index in [1.807, 2.05) is 6.07 Å². The Bertz CT molecular complexity index is 337. The lowest BCUT2D eigenvalue weighted by molar-refractivity contribution is 0.101. The van der Waals surface area contributed by atoms with E-state index >= 15 is 0 Å². The molecule has 14 heavy (non-hydrogen) atoms. The van der Waals surface area contributed by atoms with Gasteiger partial charge in [0, 0.05) is 12.1 Å². The number of benzene rings is 1. The molecule has 1 saturated carbocycles. The number of hydrogen-bond acceptors (Lipinski definition) is 2. The predicted molar refractivity (Wildman–Crippen MR) is 58.1 cm³/mol. The van der Waals surface area contributed by atoms with Gasteiger partial charge in [-0.25, -0.2) is 0 Å². The average molecular weight is 232 g/mol. The Hall–Kier alpha value is -0.440. The summed E-state index contributed by atoms with van der Waals surface area (Å²) in [5.74, 6) is 0.760. The van der Waals surface area contributed by atoms with Crippen molar-refractivity contribution in [2.45, 2.75) is 25.0 Å². The minimum Gasteiger partial charge on any atom is -0.490 e. The number of ether oxygens (including phenoxy) is 1. The molecule has 1 aromatic carbocycles. The van der Waals surface area contributed by atoms with Gasteiger partial charge in [-0.3, -0.25) is 0 Å². The highest BCUT2D eigenvalue weighted by Crippen LogP contribution is 2.29. The molecule has 2 nitrogen and oxygen atoms in total. The van der Waals surface area contributed by atoms with Crippen LogP contribution < -0.4 is 10.5 Å². The van der Waals surface area contributed by atoms with E-state index in [0.29, 0.717) is 16.1 Å². The highest BCUT2D eigenvalue weighted by Gasteiger charge is 2.27. The second-order valence-electron chi connectivity index (χ2n) is 3.55. The van der Waals surface area contributed by atoms with Crippen molar-refractivity contribution in [3.05, 3.63) is 28.2 Å². The molecule has 0 aliphatic heterocycles. The summed E-state index contributed by atoms with van der Waals surface area (Å²) in [5, 5.41) is 1.07. The summed E-state index contributed by atoms with van der Waals surface area (Å²) in [7, 11) is 0. The molecule has 0 spiro atoms. The highest BCUT2D eigenvalue weighted by molar-refractivity contribution is 6.42. The van der Waals surface area contributed by atoms with Gasteiger partial charge in [-0.1, -0.05) is 23.2 Å². The van der Waals surface area contributed by atoms with Crippen molar-refractivity contribution < 1.29 is 4.74 Å². The fourth-order valence-electron chi connectivity index (χ4n) is 1.45. The van der Waals surface area contributed by atoms with Crippen LogP contribution in [0.15, 0.2) is 18.2 Å². The molecule has 4 heteroatoms. The van der Waals surface area contributed by atoms with Crippen LogP contribution in [0, 0.1) is 0 Å². The van der Waals surface area contributed by atoms with Gasteiger partial charge in [0.05, 0.1) is 10.0 Å². The van der Waals surface area contributed by atoms with Gasteiger partial charge in [0.2, 0.25) is 0 Å². The molecule has 76 valence electrons. The van der Waals surface area contributed by atoms with Crippen molar-refractivity contribution in [3.8, 4) is 5.75 Å². The summed E-state index contributed by atoms with van der Waals surface area (Å²) in [6, 6.07) is 5.58. The lowest BCUT2D eigenvalue weighted by atomic mass is 9.90. The first-order chi connectivity index (χ1) is 6.65. The second-order valence-corrected chi connectivity index (χ2v) is 4.36. The van der Waals surface area contributed by atoms with Crippen LogP contribution in [-0.2, 0) is 0 Å². The van der Waals surface area contributed by atoms with Gasteiger partial charge >= 0.3 is 0 Å². The Morgan fingerprint density at radius 1 is 1.21 bits per heavy atom. The Labute approximate surface area is 92.9 Å². The van der Waals surface area contributed by atoms with Crippen molar-refractivity contribution in [2.24, 2.45) is 5.73 Å². The van der Waals surface area contributed by atoms with Gasteiger partial charge in [0.15, 0.2) is 0 Å². The van der Waals surface area contributed by atoms with Crippen LogP contribution >= 0.6 is 23.2 Å². The van der Waals surface area contributed by atoms with Gasteiger partial charge in [-0.15, -0.1) is 0 Å². The molecule has 0 atom stereocenters. The summed E-state index contributed by atoms with van der Waals surface area (Å²) in [4.78, 5) is 0. The average Bonchev–Trinajstić information content (AvgIpc) is 2.09. The largest absolute Gasteiger partial charge is 0.490 e.